The average Bonchev–Trinajstić information content (AvgIpc) is 1.87. The predicted molar refractivity (Wildman–Crippen MR) is 50.7 cm³/mol. The maximum atomic E-state index is 5.47. The van der Waals surface area contributed by atoms with Crippen molar-refractivity contribution in [3.05, 3.63) is 12.1 Å². The molecule has 0 aliphatic carbocycles. The lowest BCUT2D eigenvalue weighted by Crippen LogP contribution is -1.83. The molecule has 0 radical (unpaired) electrons. The van der Waals surface area contributed by atoms with Crippen molar-refractivity contribution in [2.45, 2.75) is 32.6 Å². The molecular formula is C7H13BCl2. The van der Waals surface area contributed by atoms with Gasteiger partial charge in [-0.05, 0) is 12.8 Å². The summed E-state index contributed by atoms with van der Waals surface area (Å²) >= 11 is 10.9. The van der Waals surface area contributed by atoms with Crippen LogP contribution in [0.1, 0.15) is 32.6 Å². The molecule has 0 heterocycles. The maximum absolute atomic E-state index is 5.47. The van der Waals surface area contributed by atoms with E-state index in [-0.39, 0.29) is 5.54 Å². The van der Waals surface area contributed by atoms with Crippen LogP contribution >= 0.6 is 22.9 Å². The smallest absolute Gasteiger partial charge is 0.165 e. The first kappa shape index (κ1) is 10.4. The lowest BCUT2D eigenvalue weighted by atomic mass is 10.1. The molecule has 0 aromatic rings. The predicted octanol–water partition coefficient (Wildman–Crippen LogP) is 3.63. The molecule has 0 bridgehead atoms. The number of rotatable bonds is 5. The van der Waals surface area contributed by atoms with E-state index in [1.807, 2.05) is 12.1 Å². The average molecular weight is 179 g/mol. The van der Waals surface area contributed by atoms with Gasteiger partial charge in [0.2, 0.25) is 0 Å². The Morgan fingerprint density at radius 3 is 2.50 bits per heavy atom. The van der Waals surface area contributed by atoms with E-state index in [0.29, 0.717) is 0 Å². The maximum Gasteiger partial charge on any atom is 0.375 e. The largest absolute Gasteiger partial charge is 0.375 e. The lowest BCUT2D eigenvalue weighted by Gasteiger charge is -1.90. The van der Waals surface area contributed by atoms with E-state index >= 15 is 0 Å². The van der Waals surface area contributed by atoms with Crippen LogP contribution in [0.2, 0.25) is 0 Å². The zero-order chi connectivity index (χ0) is 7.82. The van der Waals surface area contributed by atoms with Crippen LogP contribution in [0.25, 0.3) is 0 Å². The molecule has 58 valence electrons. The van der Waals surface area contributed by atoms with Crippen LogP contribution < -0.4 is 0 Å². The summed E-state index contributed by atoms with van der Waals surface area (Å²) in [5, 5.41) is 0. The van der Waals surface area contributed by atoms with Gasteiger partial charge < -0.3 is 0 Å². The Morgan fingerprint density at radius 2 is 2.00 bits per heavy atom. The van der Waals surface area contributed by atoms with Gasteiger partial charge in [-0.15, -0.1) is 0 Å². The highest BCUT2D eigenvalue weighted by atomic mass is 35.5. The molecule has 0 atom stereocenters. The molecule has 0 nitrogen and oxygen atoms in total. The Morgan fingerprint density at radius 1 is 1.30 bits per heavy atom. The quantitative estimate of drug-likeness (QED) is 0.446. The second-order valence-corrected chi connectivity index (χ2v) is 3.42. The number of unbranched alkanes of at least 4 members (excludes halogenated alkanes) is 3. The van der Waals surface area contributed by atoms with Crippen molar-refractivity contribution in [2.24, 2.45) is 0 Å². The van der Waals surface area contributed by atoms with E-state index in [9.17, 15) is 0 Å². The Bertz CT molecular complexity index is 91.6. The summed E-state index contributed by atoms with van der Waals surface area (Å²) in [4.78, 5) is 0. The van der Waals surface area contributed by atoms with Gasteiger partial charge in [0.1, 0.15) is 0 Å². The van der Waals surface area contributed by atoms with Crippen molar-refractivity contribution >= 4 is 28.5 Å². The SMILES string of the molecule is CCCCC/C=C/B(Cl)Cl. The molecule has 0 N–H and O–H groups in total. The van der Waals surface area contributed by atoms with E-state index in [1.165, 1.54) is 19.3 Å². The molecule has 0 unspecified atom stereocenters. The number of hydrogen-bond acceptors (Lipinski definition) is 0. The van der Waals surface area contributed by atoms with Gasteiger partial charge in [0.15, 0.2) is 0 Å². The molecule has 0 aromatic heterocycles. The number of allylic oxidation sites excluding steroid dienone is 1. The van der Waals surface area contributed by atoms with Gasteiger partial charge in [-0.3, -0.25) is 0 Å². The topological polar surface area (TPSA) is 0 Å². The van der Waals surface area contributed by atoms with Crippen molar-refractivity contribution in [1.29, 1.82) is 0 Å². The van der Waals surface area contributed by atoms with Crippen LogP contribution in [0.15, 0.2) is 12.1 Å². The number of hydrogen-bond donors (Lipinski definition) is 0. The molecule has 3 heteroatoms. The third-order valence-corrected chi connectivity index (χ3v) is 1.55. The third-order valence-electron chi connectivity index (χ3n) is 1.26. The molecule has 0 saturated carbocycles. The second-order valence-electron chi connectivity index (χ2n) is 2.26. The van der Waals surface area contributed by atoms with Crippen molar-refractivity contribution in [1.82, 2.24) is 0 Å². The first-order chi connectivity index (χ1) is 4.77. The summed E-state index contributed by atoms with van der Waals surface area (Å²) in [6.07, 6.45) is 6.94. The first-order valence-corrected chi connectivity index (χ1v) is 4.59. The van der Waals surface area contributed by atoms with Crippen LogP contribution in [0.3, 0.4) is 0 Å². The Hall–Kier alpha value is 0.385. The standard InChI is InChI=1S/C7H13BCl2/c1-2-3-4-5-6-7-8(9)10/h6-7H,2-5H2,1H3/b7-6+. The van der Waals surface area contributed by atoms with Crippen LogP contribution in [-0.4, -0.2) is 5.54 Å². The molecule has 0 fully saturated rings. The normalized spacial score (nSPS) is 10.7. The third kappa shape index (κ3) is 8.38. The molecule has 0 saturated heterocycles. The highest BCUT2D eigenvalue weighted by Crippen LogP contribution is 2.02. The summed E-state index contributed by atoms with van der Waals surface area (Å²) in [5.41, 5.74) is -0.332. The number of halogens is 2. The van der Waals surface area contributed by atoms with Gasteiger partial charge in [0, 0.05) is 0 Å². The molecule has 10 heavy (non-hydrogen) atoms. The fraction of sp³-hybridized carbons (Fsp3) is 0.714. The molecular weight excluding hydrogens is 166 g/mol. The lowest BCUT2D eigenvalue weighted by molar-refractivity contribution is 0.729. The zero-order valence-corrected chi connectivity index (χ0v) is 7.83. The fourth-order valence-electron chi connectivity index (χ4n) is 0.711. The minimum atomic E-state index is -0.332. The highest BCUT2D eigenvalue weighted by Gasteiger charge is 1.95. The summed E-state index contributed by atoms with van der Waals surface area (Å²) in [6.45, 7) is 2.19. The van der Waals surface area contributed by atoms with Gasteiger partial charge in [-0.2, -0.15) is 22.9 Å². The van der Waals surface area contributed by atoms with Crippen LogP contribution in [-0.2, 0) is 0 Å². The van der Waals surface area contributed by atoms with Crippen LogP contribution in [0.5, 0.6) is 0 Å². The van der Waals surface area contributed by atoms with Crippen molar-refractivity contribution in [3.63, 3.8) is 0 Å². The van der Waals surface area contributed by atoms with E-state index in [4.69, 9.17) is 22.9 Å². The van der Waals surface area contributed by atoms with Crippen LogP contribution in [0, 0.1) is 0 Å². The van der Waals surface area contributed by atoms with Gasteiger partial charge in [-0.1, -0.05) is 31.8 Å². The van der Waals surface area contributed by atoms with Gasteiger partial charge in [0.25, 0.3) is 0 Å². The van der Waals surface area contributed by atoms with E-state index in [2.05, 4.69) is 6.92 Å². The fourth-order valence-corrected chi connectivity index (χ4v) is 0.917. The zero-order valence-electron chi connectivity index (χ0n) is 6.32. The Labute approximate surface area is 73.5 Å². The van der Waals surface area contributed by atoms with E-state index in [0.717, 1.165) is 6.42 Å². The molecule has 0 amide bonds. The molecule has 0 spiro atoms. The van der Waals surface area contributed by atoms with Gasteiger partial charge >= 0.3 is 5.54 Å². The van der Waals surface area contributed by atoms with Gasteiger partial charge in [0.05, 0.1) is 0 Å². The summed E-state index contributed by atoms with van der Waals surface area (Å²) in [6, 6.07) is 0. The molecule has 0 aromatic carbocycles. The Balaban J connectivity index is 3.02. The van der Waals surface area contributed by atoms with Crippen molar-refractivity contribution in [3.8, 4) is 0 Å². The van der Waals surface area contributed by atoms with Crippen molar-refractivity contribution < 1.29 is 0 Å². The molecule has 0 rings (SSSR count). The monoisotopic (exact) mass is 178 g/mol. The first-order valence-electron chi connectivity index (χ1n) is 3.72. The minimum absolute atomic E-state index is 0.332. The summed E-state index contributed by atoms with van der Waals surface area (Å²) < 4.78 is 0. The van der Waals surface area contributed by atoms with Crippen molar-refractivity contribution in [2.75, 3.05) is 0 Å². The van der Waals surface area contributed by atoms with E-state index < -0.39 is 0 Å². The highest BCUT2D eigenvalue weighted by molar-refractivity contribution is 7.36. The molecule has 0 aliphatic heterocycles. The minimum Gasteiger partial charge on any atom is -0.165 e. The Kier molecular flexibility index (Phi) is 7.78. The summed E-state index contributed by atoms with van der Waals surface area (Å²) in [7, 11) is 0. The molecule has 0 aliphatic rings. The van der Waals surface area contributed by atoms with Gasteiger partial charge in [-0.25, -0.2) is 0 Å². The second kappa shape index (κ2) is 7.49. The summed E-state index contributed by atoms with van der Waals surface area (Å²) in [5.74, 6) is 1.82. The van der Waals surface area contributed by atoms with E-state index in [1.54, 1.807) is 0 Å². The van der Waals surface area contributed by atoms with Crippen LogP contribution in [0.4, 0.5) is 0 Å².